The standard InChI is InChI=1S/C37H25N3PS.C5H8O2.Ir/c1-39-31-17-24-10-3-5-12-26(24)21-35(31)41(42)36-22-27-13-6-4-11-25(27)18-32(36)40(2)34-20-28(19-33(39)37(34)41)30-16-15-23-9-7-8-14-29(23)38-30;1-4(6)3-5(2)7;/h3-19,21-22H,1-2H3;3,6H,1-2H3;/q-1;;/b;4-3-;. The van der Waals surface area contributed by atoms with Crippen molar-refractivity contribution in [2.45, 2.75) is 13.8 Å². The number of allylic oxidation sites excluding steroid dienone is 2. The fourth-order valence-electron chi connectivity index (χ4n) is 7.10. The van der Waals surface area contributed by atoms with E-state index in [0.717, 1.165) is 33.5 Å². The Morgan fingerprint density at radius 2 is 1.24 bits per heavy atom. The van der Waals surface area contributed by atoms with Gasteiger partial charge in [-0.25, -0.2) is 0 Å². The number of fused-ring (bicyclic) bond motifs is 7. The van der Waals surface area contributed by atoms with Gasteiger partial charge in [0, 0.05) is 68.3 Å². The summed E-state index contributed by atoms with van der Waals surface area (Å²) in [5, 5.41) is 18.1. The molecule has 50 heavy (non-hydrogen) atoms. The van der Waals surface area contributed by atoms with Crippen molar-refractivity contribution >= 4 is 94.7 Å². The molecule has 1 radical (unpaired) electrons. The number of anilines is 4. The van der Waals surface area contributed by atoms with E-state index in [0.29, 0.717) is 0 Å². The first-order chi connectivity index (χ1) is 23.6. The van der Waals surface area contributed by atoms with Crippen LogP contribution < -0.4 is 25.7 Å². The second-order valence-electron chi connectivity index (χ2n) is 12.7. The van der Waals surface area contributed by atoms with Crippen LogP contribution >= 0.6 is 6.04 Å². The van der Waals surface area contributed by atoms with Crippen LogP contribution in [0.4, 0.5) is 22.7 Å². The van der Waals surface area contributed by atoms with Crippen LogP contribution in [0.3, 0.4) is 0 Å². The molecule has 2 aliphatic heterocycles. The van der Waals surface area contributed by atoms with Crippen LogP contribution in [0.15, 0.2) is 127 Å². The number of pyridine rings is 1. The van der Waals surface area contributed by atoms with Crippen LogP contribution in [-0.2, 0) is 36.7 Å². The van der Waals surface area contributed by atoms with E-state index >= 15 is 0 Å². The van der Waals surface area contributed by atoms with Crippen molar-refractivity contribution in [1.29, 1.82) is 0 Å². The summed E-state index contributed by atoms with van der Waals surface area (Å²) in [6.07, 6.45) is 1.17. The number of aliphatic hydroxyl groups is 1. The molecule has 0 bridgehead atoms. The number of carbonyl (C=O) groups is 1. The Morgan fingerprint density at radius 1 is 0.720 bits per heavy atom. The summed E-state index contributed by atoms with van der Waals surface area (Å²) < 4.78 is 0. The molecule has 0 spiro atoms. The zero-order valence-electron chi connectivity index (χ0n) is 27.9. The van der Waals surface area contributed by atoms with Gasteiger partial charge in [-0.2, -0.15) is 0 Å². The minimum atomic E-state index is -2.45. The topological polar surface area (TPSA) is 56.7 Å². The van der Waals surface area contributed by atoms with Crippen molar-refractivity contribution < 1.29 is 30.0 Å². The molecule has 1 aromatic heterocycles. The average Bonchev–Trinajstić information content (AvgIpc) is 3.11. The molecule has 0 saturated carbocycles. The van der Waals surface area contributed by atoms with E-state index in [-0.39, 0.29) is 31.6 Å². The number of para-hydroxylation sites is 1. The van der Waals surface area contributed by atoms with Gasteiger partial charge in [0.2, 0.25) is 0 Å². The quantitative estimate of drug-likeness (QED) is 0.0812. The predicted molar refractivity (Wildman–Crippen MR) is 210 cm³/mol. The smallest absolute Gasteiger partial charge is 0.155 e. The number of nitrogens with zero attached hydrogens (tertiary/aromatic N) is 3. The first kappa shape index (κ1) is 33.8. The SMILES string of the molecule is CC(=O)/C=C(/C)O.CN1c2[c-]c(-c3ccc4ccccc4n3)cc3c2P(=S)(c2cc4ccccc4cc21)c1cc2ccccc2cc1N3C.[Ir]. The molecule has 8 heteroatoms. The molecular formula is C42H33IrN3O2PS-. The molecule has 6 aromatic carbocycles. The number of ketones is 1. The summed E-state index contributed by atoms with van der Waals surface area (Å²) >= 11 is 7.04. The van der Waals surface area contributed by atoms with E-state index in [1.807, 2.05) is 6.07 Å². The zero-order chi connectivity index (χ0) is 34.0. The summed E-state index contributed by atoms with van der Waals surface area (Å²) in [5.74, 6) is -0.0625. The number of hydrogen-bond acceptors (Lipinski definition) is 6. The van der Waals surface area contributed by atoms with Gasteiger partial charge >= 0.3 is 0 Å². The third-order valence-corrected chi connectivity index (χ3v) is 14.3. The summed E-state index contributed by atoms with van der Waals surface area (Å²) in [5.41, 5.74) is 7.41. The molecular weight excluding hydrogens is 834 g/mol. The minimum Gasteiger partial charge on any atom is -0.512 e. The van der Waals surface area contributed by atoms with E-state index < -0.39 is 6.04 Å². The van der Waals surface area contributed by atoms with Gasteiger partial charge in [0.25, 0.3) is 0 Å². The Balaban J connectivity index is 0.000000447. The van der Waals surface area contributed by atoms with Crippen molar-refractivity contribution in [3.05, 3.63) is 133 Å². The maximum Gasteiger partial charge on any atom is 0.155 e. The average molecular weight is 867 g/mol. The number of benzene rings is 6. The predicted octanol–water partition coefficient (Wildman–Crippen LogP) is 8.96. The number of carbonyl (C=O) groups excluding carboxylic acids is 1. The van der Waals surface area contributed by atoms with Gasteiger partial charge < -0.3 is 14.9 Å². The van der Waals surface area contributed by atoms with Crippen LogP contribution in [0.5, 0.6) is 0 Å². The van der Waals surface area contributed by atoms with Crippen molar-refractivity contribution in [1.82, 2.24) is 4.98 Å². The van der Waals surface area contributed by atoms with E-state index in [1.165, 1.54) is 68.8 Å². The van der Waals surface area contributed by atoms with Crippen molar-refractivity contribution in [3.8, 4) is 11.3 Å². The molecule has 5 nitrogen and oxygen atoms in total. The van der Waals surface area contributed by atoms with E-state index in [2.05, 4.69) is 139 Å². The van der Waals surface area contributed by atoms with Crippen LogP contribution in [0.1, 0.15) is 13.8 Å². The second-order valence-corrected chi connectivity index (χ2v) is 16.9. The fourth-order valence-corrected chi connectivity index (χ4v) is 12.0. The monoisotopic (exact) mass is 867 g/mol. The van der Waals surface area contributed by atoms with Gasteiger partial charge in [0.1, 0.15) is 0 Å². The molecule has 1 atom stereocenters. The molecule has 9 rings (SSSR count). The summed E-state index contributed by atoms with van der Waals surface area (Å²) in [4.78, 5) is 19.7. The molecule has 0 amide bonds. The maximum absolute atomic E-state index is 10.0. The van der Waals surface area contributed by atoms with Gasteiger partial charge in [-0.05, 0) is 93.5 Å². The van der Waals surface area contributed by atoms with Gasteiger partial charge in [0.15, 0.2) is 5.78 Å². The molecule has 1 N–H and O–H groups in total. The Bertz CT molecular complexity index is 2480. The molecule has 7 aromatic rings. The third-order valence-electron chi connectivity index (χ3n) is 9.39. The molecule has 0 fully saturated rings. The van der Waals surface area contributed by atoms with Crippen LogP contribution in [-0.4, -0.2) is 30.0 Å². The van der Waals surface area contributed by atoms with Gasteiger partial charge in [-0.3, -0.25) is 9.78 Å². The first-order valence-electron chi connectivity index (χ1n) is 16.1. The third kappa shape index (κ3) is 5.46. The normalized spacial score (nSPS) is 15.8. The summed E-state index contributed by atoms with van der Waals surface area (Å²) in [7, 11) is 4.33. The molecule has 0 aliphatic carbocycles. The van der Waals surface area contributed by atoms with Crippen LogP contribution in [0.25, 0.3) is 43.7 Å². The number of aliphatic hydroxyl groups excluding tert-OH is 1. The van der Waals surface area contributed by atoms with Crippen molar-refractivity contribution in [2.75, 3.05) is 23.9 Å². The largest absolute Gasteiger partial charge is 0.512 e. The molecule has 2 aliphatic rings. The number of aromatic nitrogens is 1. The van der Waals surface area contributed by atoms with Crippen LogP contribution in [0.2, 0.25) is 0 Å². The van der Waals surface area contributed by atoms with Crippen molar-refractivity contribution in [3.63, 3.8) is 0 Å². The second kappa shape index (κ2) is 12.9. The summed E-state index contributed by atoms with van der Waals surface area (Å²) in [6.45, 7) is 2.85. The van der Waals surface area contributed by atoms with Crippen LogP contribution in [0, 0.1) is 6.07 Å². The molecule has 249 valence electrons. The van der Waals surface area contributed by atoms with E-state index in [4.69, 9.17) is 21.9 Å². The number of rotatable bonds is 2. The molecule has 0 saturated heterocycles. The van der Waals surface area contributed by atoms with Gasteiger partial charge in [0.05, 0.1) is 11.3 Å². The molecule has 1 unspecified atom stereocenters. The fraction of sp³-hybridized carbons (Fsp3) is 0.0952. The Morgan fingerprint density at radius 3 is 1.78 bits per heavy atom. The van der Waals surface area contributed by atoms with Gasteiger partial charge in [-0.1, -0.05) is 90.7 Å². The zero-order valence-corrected chi connectivity index (χ0v) is 32.0. The summed E-state index contributed by atoms with van der Waals surface area (Å²) in [6, 6.07) is 42.8. The number of hydrogen-bond donors (Lipinski definition) is 1. The Hall–Kier alpha value is -4.64. The van der Waals surface area contributed by atoms with Gasteiger partial charge in [-0.15, -0.1) is 17.7 Å². The minimum absolute atomic E-state index is 0. The Kier molecular flexibility index (Phi) is 8.74. The van der Waals surface area contributed by atoms with E-state index in [1.54, 1.807) is 0 Å². The maximum atomic E-state index is 10.0. The molecule has 3 heterocycles. The first-order valence-corrected chi connectivity index (χ1v) is 18.9. The van der Waals surface area contributed by atoms with Crippen molar-refractivity contribution in [2.24, 2.45) is 0 Å². The Labute approximate surface area is 310 Å². The van der Waals surface area contributed by atoms with E-state index in [9.17, 15) is 4.79 Å².